The van der Waals surface area contributed by atoms with Crippen molar-refractivity contribution in [2.45, 2.75) is 19.9 Å². The molecule has 0 saturated carbocycles. The molecule has 0 aliphatic rings. The summed E-state index contributed by atoms with van der Waals surface area (Å²) in [4.78, 5) is 0. The van der Waals surface area contributed by atoms with Crippen LogP contribution >= 0.6 is 0 Å². The molecule has 2 nitrogen and oxygen atoms in total. The van der Waals surface area contributed by atoms with E-state index in [9.17, 15) is 0 Å². The maximum Gasteiger partial charge on any atom is 0.0219 e. The summed E-state index contributed by atoms with van der Waals surface area (Å²) in [5.74, 6) is 0.558. The second-order valence-electron chi connectivity index (χ2n) is 2.77. The molecule has 2 unspecified atom stereocenters. The van der Waals surface area contributed by atoms with Gasteiger partial charge in [0, 0.05) is 6.04 Å². The van der Waals surface area contributed by atoms with E-state index in [0.717, 1.165) is 13.1 Å². The van der Waals surface area contributed by atoms with Gasteiger partial charge in [-0.05, 0) is 25.9 Å². The topological polar surface area (TPSA) is 38.0 Å². The predicted octanol–water partition coefficient (Wildman–Crippen LogP) is 0.745. The Morgan fingerprint density at radius 2 is 2.20 bits per heavy atom. The van der Waals surface area contributed by atoms with E-state index in [-0.39, 0.29) is 0 Å². The molecule has 0 aliphatic carbocycles. The van der Waals surface area contributed by atoms with Crippen LogP contribution in [0.1, 0.15) is 13.8 Å². The lowest BCUT2D eigenvalue weighted by atomic mass is 10.2. The summed E-state index contributed by atoms with van der Waals surface area (Å²) >= 11 is 0. The largest absolute Gasteiger partial charge is 0.330 e. The summed E-state index contributed by atoms with van der Waals surface area (Å²) in [7, 11) is 0. The Balaban J connectivity index is 3.25. The van der Waals surface area contributed by atoms with Crippen molar-refractivity contribution >= 4 is 0 Å². The number of nitrogens with one attached hydrogen (secondary N) is 1. The highest BCUT2D eigenvalue weighted by Gasteiger charge is 1.99. The fourth-order valence-electron chi connectivity index (χ4n) is 0.554. The zero-order valence-corrected chi connectivity index (χ0v) is 6.93. The Labute approximate surface area is 63.5 Å². The summed E-state index contributed by atoms with van der Waals surface area (Å²) in [5, 5.41) is 3.28. The molecule has 0 bridgehead atoms. The van der Waals surface area contributed by atoms with Crippen LogP contribution in [0.25, 0.3) is 0 Å². The molecule has 0 aliphatic heterocycles. The third-order valence-electron chi connectivity index (χ3n) is 1.54. The van der Waals surface area contributed by atoms with Gasteiger partial charge in [-0.2, -0.15) is 0 Å². The Hall–Kier alpha value is -0.340. The highest BCUT2D eigenvalue weighted by Crippen LogP contribution is 1.89. The van der Waals surface area contributed by atoms with E-state index >= 15 is 0 Å². The molecule has 0 fully saturated rings. The molecule has 0 saturated heterocycles. The molecule has 0 aromatic carbocycles. The SMILES string of the molecule is C=CC(C)NCC(C)CN. The smallest absolute Gasteiger partial charge is 0.0219 e. The molecule has 3 N–H and O–H groups in total. The van der Waals surface area contributed by atoms with Crippen molar-refractivity contribution in [3.8, 4) is 0 Å². The van der Waals surface area contributed by atoms with Crippen molar-refractivity contribution in [3.05, 3.63) is 12.7 Å². The maximum absolute atomic E-state index is 5.43. The van der Waals surface area contributed by atoms with E-state index in [1.807, 2.05) is 6.08 Å². The Morgan fingerprint density at radius 1 is 1.60 bits per heavy atom. The van der Waals surface area contributed by atoms with Gasteiger partial charge in [0.15, 0.2) is 0 Å². The molecule has 0 rings (SSSR count). The minimum Gasteiger partial charge on any atom is -0.330 e. The van der Waals surface area contributed by atoms with Crippen molar-refractivity contribution in [3.63, 3.8) is 0 Å². The minimum atomic E-state index is 0.397. The third-order valence-corrected chi connectivity index (χ3v) is 1.54. The van der Waals surface area contributed by atoms with Crippen LogP contribution in [-0.4, -0.2) is 19.1 Å². The van der Waals surface area contributed by atoms with E-state index in [1.165, 1.54) is 0 Å². The molecule has 0 radical (unpaired) electrons. The zero-order chi connectivity index (χ0) is 7.98. The van der Waals surface area contributed by atoms with Gasteiger partial charge in [-0.25, -0.2) is 0 Å². The van der Waals surface area contributed by atoms with Crippen molar-refractivity contribution in [2.24, 2.45) is 11.7 Å². The van der Waals surface area contributed by atoms with Gasteiger partial charge >= 0.3 is 0 Å². The summed E-state index contributed by atoms with van der Waals surface area (Å²) in [6, 6.07) is 0.397. The normalized spacial score (nSPS) is 16.3. The molecule has 0 heterocycles. The number of rotatable bonds is 5. The molecule has 60 valence electrons. The lowest BCUT2D eigenvalue weighted by Gasteiger charge is -2.12. The summed E-state index contributed by atoms with van der Waals surface area (Å²) < 4.78 is 0. The Kier molecular flexibility index (Phi) is 5.26. The summed E-state index contributed by atoms with van der Waals surface area (Å²) in [5.41, 5.74) is 5.43. The first-order valence-corrected chi connectivity index (χ1v) is 3.76. The zero-order valence-electron chi connectivity index (χ0n) is 6.93. The van der Waals surface area contributed by atoms with Crippen LogP contribution < -0.4 is 11.1 Å². The summed E-state index contributed by atoms with van der Waals surface area (Å²) in [6.07, 6.45) is 1.89. The van der Waals surface area contributed by atoms with Crippen molar-refractivity contribution in [1.82, 2.24) is 5.32 Å². The van der Waals surface area contributed by atoms with Crippen molar-refractivity contribution < 1.29 is 0 Å². The van der Waals surface area contributed by atoms with Crippen LogP contribution in [0.2, 0.25) is 0 Å². The van der Waals surface area contributed by atoms with Gasteiger partial charge in [0.25, 0.3) is 0 Å². The fraction of sp³-hybridized carbons (Fsp3) is 0.750. The van der Waals surface area contributed by atoms with Crippen LogP contribution in [0.3, 0.4) is 0 Å². The second kappa shape index (κ2) is 5.45. The third kappa shape index (κ3) is 4.53. The first-order valence-electron chi connectivity index (χ1n) is 3.76. The molecular formula is C8H18N2. The van der Waals surface area contributed by atoms with Crippen LogP contribution in [0.4, 0.5) is 0 Å². The van der Waals surface area contributed by atoms with Crippen molar-refractivity contribution in [2.75, 3.05) is 13.1 Å². The molecular weight excluding hydrogens is 124 g/mol. The molecule has 0 amide bonds. The van der Waals surface area contributed by atoms with Gasteiger partial charge in [0.05, 0.1) is 0 Å². The van der Waals surface area contributed by atoms with Gasteiger partial charge in [0.1, 0.15) is 0 Å². The second-order valence-corrected chi connectivity index (χ2v) is 2.77. The molecule has 2 heteroatoms. The van der Waals surface area contributed by atoms with Crippen molar-refractivity contribution in [1.29, 1.82) is 0 Å². The quantitative estimate of drug-likeness (QED) is 0.556. The first kappa shape index (κ1) is 9.66. The lowest BCUT2D eigenvalue weighted by molar-refractivity contribution is 0.503. The molecule has 0 aromatic rings. The van der Waals surface area contributed by atoms with E-state index < -0.39 is 0 Å². The fourth-order valence-corrected chi connectivity index (χ4v) is 0.554. The van der Waals surface area contributed by atoms with Gasteiger partial charge in [0.2, 0.25) is 0 Å². The average molecular weight is 142 g/mol. The number of hydrogen-bond acceptors (Lipinski definition) is 2. The number of nitrogens with two attached hydrogens (primary N) is 1. The Morgan fingerprint density at radius 3 is 2.60 bits per heavy atom. The van der Waals surface area contributed by atoms with Gasteiger partial charge < -0.3 is 11.1 Å². The van der Waals surface area contributed by atoms with Gasteiger partial charge in [-0.1, -0.05) is 13.0 Å². The predicted molar refractivity (Wildman–Crippen MR) is 45.9 cm³/mol. The van der Waals surface area contributed by atoms with Crippen LogP contribution in [0.15, 0.2) is 12.7 Å². The van der Waals surface area contributed by atoms with E-state index in [4.69, 9.17) is 5.73 Å². The van der Waals surface area contributed by atoms with E-state index in [0.29, 0.717) is 12.0 Å². The lowest BCUT2D eigenvalue weighted by Crippen LogP contribution is -2.31. The van der Waals surface area contributed by atoms with Gasteiger partial charge in [-0.3, -0.25) is 0 Å². The van der Waals surface area contributed by atoms with E-state index in [1.54, 1.807) is 0 Å². The van der Waals surface area contributed by atoms with Crippen LogP contribution in [0, 0.1) is 5.92 Å². The molecule has 0 aromatic heterocycles. The average Bonchev–Trinajstić information content (AvgIpc) is 1.99. The maximum atomic E-state index is 5.43. The van der Waals surface area contributed by atoms with E-state index in [2.05, 4.69) is 25.7 Å². The highest BCUT2D eigenvalue weighted by atomic mass is 14.9. The summed E-state index contributed by atoms with van der Waals surface area (Å²) in [6.45, 7) is 9.60. The minimum absolute atomic E-state index is 0.397. The standard InChI is InChI=1S/C8H18N2/c1-4-8(3)10-6-7(2)5-9/h4,7-8,10H,1,5-6,9H2,2-3H3. The van der Waals surface area contributed by atoms with Crippen LogP contribution in [0.5, 0.6) is 0 Å². The number of hydrogen-bond donors (Lipinski definition) is 2. The molecule has 10 heavy (non-hydrogen) atoms. The molecule has 2 atom stereocenters. The Bertz CT molecular complexity index is 91.3. The molecule has 0 spiro atoms. The monoisotopic (exact) mass is 142 g/mol. The van der Waals surface area contributed by atoms with Crippen LogP contribution in [-0.2, 0) is 0 Å². The van der Waals surface area contributed by atoms with Gasteiger partial charge in [-0.15, -0.1) is 6.58 Å². The first-order chi connectivity index (χ1) is 4.70. The highest BCUT2D eigenvalue weighted by molar-refractivity contribution is 4.81.